The third-order valence-corrected chi connectivity index (χ3v) is 4.94. The van der Waals surface area contributed by atoms with Crippen LogP contribution in [0.4, 0.5) is 0 Å². The van der Waals surface area contributed by atoms with Gasteiger partial charge in [0.15, 0.2) is 0 Å². The van der Waals surface area contributed by atoms with Gasteiger partial charge in [-0.1, -0.05) is 18.2 Å². The fraction of sp³-hybridized carbons (Fsp3) is 0.529. The van der Waals surface area contributed by atoms with Crippen molar-refractivity contribution in [1.29, 1.82) is 0 Å². The minimum atomic E-state index is 0. The van der Waals surface area contributed by atoms with Gasteiger partial charge in [0.25, 0.3) is 0 Å². The lowest BCUT2D eigenvalue weighted by Crippen LogP contribution is -2.41. The first-order valence-corrected chi connectivity index (χ1v) is 7.76. The smallest absolute Gasteiger partial charge is 0.0594 e. The van der Waals surface area contributed by atoms with Crippen LogP contribution in [0.3, 0.4) is 0 Å². The maximum absolute atomic E-state index is 5.52. The van der Waals surface area contributed by atoms with E-state index in [0.29, 0.717) is 6.04 Å². The van der Waals surface area contributed by atoms with Crippen molar-refractivity contribution in [2.75, 3.05) is 26.3 Å². The molecule has 1 aromatic carbocycles. The van der Waals surface area contributed by atoms with Gasteiger partial charge >= 0.3 is 0 Å². The molecule has 114 valence electrons. The lowest BCUT2D eigenvalue weighted by Gasteiger charge is -2.38. The van der Waals surface area contributed by atoms with Gasteiger partial charge in [-0.3, -0.25) is 4.90 Å². The number of ether oxygens (including phenoxy) is 1. The third-order valence-electron chi connectivity index (χ3n) is 4.94. The average Bonchev–Trinajstić information content (AvgIpc) is 2.82. The first-order chi connectivity index (χ1) is 9.86. The van der Waals surface area contributed by atoms with Gasteiger partial charge in [0.1, 0.15) is 0 Å². The summed E-state index contributed by atoms with van der Waals surface area (Å²) < 4.78 is 8.08. The van der Waals surface area contributed by atoms with Gasteiger partial charge in [0.2, 0.25) is 0 Å². The second-order valence-electron chi connectivity index (χ2n) is 5.99. The van der Waals surface area contributed by atoms with Crippen LogP contribution in [0.2, 0.25) is 0 Å². The summed E-state index contributed by atoms with van der Waals surface area (Å²) in [4.78, 5) is 2.63. The lowest BCUT2D eigenvalue weighted by atomic mass is 9.98. The highest BCUT2D eigenvalue weighted by Gasteiger charge is 2.30. The summed E-state index contributed by atoms with van der Waals surface area (Å²) in [5.74, 6) is 0. The molecule has 1 aromatic heterocycles. The van der Waals surface area contributed by atoms with E-state index in [2.05, 4.69) is 40.7 Å². The first kappa shape index (κ1) is 14.9. The Hall–Kier alpha value is -1.03. The van der Waals surface area contributed by atoms with Crippen molar-refractivity contribution in [2.45, 2.75) is 32.4 Å². The van der Waals surface area contributed by atoms with E-state index in [1.807, 2.05) is 0 Å². The molecule has 0 aliphatic carbocycles. The van der Waals surface area contributed by atoms with Crippen molar-refractivity contribution < 1.29 is 4.74 Å². The molecule has 4 heteroatoms. The molecule has 0 N–H and O–H groups in total. The van der Waals surface area contributed by atoms with Crippen LogP contribution >= 0.6 is 12.4 Å². The molecule has 0 saturated carbocycles. The number of aromatic nitrogens is 1. The van der Waals surface area contributed by atoms with Gasteiger partial charge in [-0.05, 0) is 31.4 Å². The Morgan fingerprint density at radius 1 is 1.10 bits per heavy atom. The number of benzene rings is 1. The third kappa shape index (κ3) is 2.37. The topological polar surface area (TPSA) is 17.4 Å². The Bertz CT molecular complexity index is 631. The molecule has 0 bridgehead atoms. The molecule has 1 atom stereocenters. The van der Waals surface area contributed by atoms with Crippen LogP contribution in [-0.2, 0) is 11.3 Å². The Morgan fingerprint density at radius 2 is 1.86 bits per heavy atom. The van der Waals surface area contributed by atoms with Gasteiger partial charge in [0.05, 0.1) is 19.3 Å². The standard InChI is InChI=1S/C17H22N2O.ClH/c1-13-14-5-2-3-6-15(14)19-8-4-7-16(17(13)19)18-9-11-20-12-10-18;/h2-3,5-6,16H,4,7-12H2,1H3;1H. The summed E-state index contributed by atoms with van der Waals surface area (Å²) in [6, 6.07) is 9.44. The number of hydrogen-bond acceptors (Lipinski definition) is 2. The highest BCUT2D eigenvalue weighted by atomic mass is 35.5. The van der Waals surface area contributed by atoms with Crippen LogP contribution in [0, 0.1) is 6.92 Å². The fourth-order valence-electron chi connectivity index (χ4n) is 3.99. The summed E-state index contributed by atoms with van der Waals surface area (Å²) >= 11 is 0. The van der Waals surface area contributed by atoms with E-state index in [0.717, 1.165) is 26.3 Å². The van der Waals surface area contributed by atoms with Crippen LogP contribution in [-0.4, -0.2) is 35.8 Å². The molecule has 3 nitrogen and oxygen atoms in total. The summed E-state index contributed by atoms with van der Waals surface area (Å²) in [5, 5.41) is 1.43. The van der Waals surface area contributed by atoms with E-state index in [4.69, 9.17) is 4.74 Å². The Balaban J connectivity index is 0.00000132. The second kappa shape index (κ2) is 5.99. The molecule has 4 rings (SSSR count). The van der Waals surface area contributed by atoms with Gasteiger partial charge in [-0.15, -0.1) is 12.4 Å². The van der Waals surface area contributed by atoms with Crippen LogP contribution < -0.4 is 0 Å². The minimum Gasteiger partial charge on any atom is -0.379 e. The van der Waals surface area contributed by atoms with Gasteiger partial charge < -0.3 is 9.30 Å². The van der Waals surface area contributed by atoms with E-state index in [1.165, 1.54) is 35.9 Å². The van der Waals surface area contributed by atoms with Crippen LogP contribution in [0.5, 0.6) is 0 Å². The zero-order valence-corrected chi connectivity index (χ0v) is 13.4. The molecule has 2 aliphatic rings. The molecule has 2 aromatic rings. The molecule has 1 saturated heterocycles. The normalized spacial score (nSPS) is 22.8. The summed E-state index contributed by atoms with van der Waals surface area (Å²) in [5.41, 5.74) is 4.45. The highest BCUT2D eigenvalue weighted by molar-refractivity contribution is 5.86. The molecule has 1 unspecified atom stereocenters. The molecular weight excluding hydrogens is 284 g/mol. The maximum Gasteiger partial charge on any atom is 0.0594 e. The van der Waals surface area contributed by atoms with Crippen LogP contribution in [0.25, 0.3) is 10.9 Å². The number of aryl methyl sites for hydroxylation is 2. The lowest BCUT2D eigenvalue weighted by molar-refractivity contribution is 0.00940. The minimum absolute atomic E-state index is 0. The van der Waals surface area contributed by atoms with Crippen molar-refractivity contribution in [3.05, 3.63) is 35.5 Å². The average molecular weight is 307 g/mol. The summed E-state index contributed by atoms with van der Waals surface area (Å²) in [6.07, 6.45) is 2.57. The van der Waals surface area contributed by atoms with E-state index in [-0.39, 0.29) is 12.4 Å². The summed E-state index contributed by atoms with van der Waals surface area (Å²) in [7, 11) is 0. The predicted octanol–water partition coefficient (Wildman–Crippen LogP) is 3.54. The molecule has 21 heavy (non-hydrogen) atoms. The van der Waals surface area contributed by atoms with E-state index < -0.39 is 0 Å². The molecule has 2 aliphatic heterocycles. The highest BCUT2D eigenvalue weighted by Crippen LogP contribution is 2.38. The Labute approximate surface area is 132 Å². The first-order valence-electron chi connectivity index (χ1n) is 7.76. The SMILES string of the molecule is Cc1c2n(c3ccccc13)CCCC2N1CCOCC1.Cl. The van der Waals surface area contributed by atoms with Gasteiger partial charge in [0, 0.05) is 36.2 Å². The van der Waals surface area contributed by atoms with Crippen LogP contribution in [0.15, 0.2) is 24.3 Å². The van der Waals surface area contributed by atoms with Crippen molar-refractivity contribution >= 4 is 23.3 Å². The number of morpholine rings is 1. The molecule has 3 heterocycles. The van der Waals surface area contributed by atoms with Crippen molar-refractivity contribution in [2.24, 2.45) is 0 Å². The quantitative estimate of drug-likeness (QED) is 0.802. The zero-order valence-electron chi connectivity index (χ0n) is 12.5. The number of fused-ring (bicyclic) bond motifs is 3. The van der Waals surface area contributed by atoms with Gasteiger partial charge in [-0.2, -0.15) is 0 Å². The molecular formula is C17H23ClN2O. The van der Waals surface area contributed by atoms with Crippen molar-refractivity contribution in [3.63, 3.8) is 0 Å². The van der Waals surface area contributed by atoms with Crippen molar-refractivity contribution in [1.82, 2.24) is 9.47 Å². The number of nitrogens with zero attached hydrogens (tertiary/aromatic N) is 2. The number of para-hydroxylation sites is 1. The van der Waals surface area contributed by atoms with E-state index >= 15 is 0 Å². The maximum atomic E-state index is 5.52. The van der Waals surface area contributed by atoms with E-state index in [1.54, 1.807) is 5.69 Å². The monoisotopic (exact) mass is 306 g/mol. The van der Waals surface area contributed by atoms with E-state index in [9.17, 15) is 0 Å². The fourth-order valence-corrected chi connectivity index (χ4v) is 3.99. The predicted molar refractivity (Wildman–Crippen MR) is 88.3 cm³/mol. The summed E-state index contributed by atoms with van der Waals surface area (Å²) in [6.45, 7) is 7.39. The second-order valence-corrected chi connectivity index (χ2v) is 5.99. The Morgan fingerprint density at radius 3 is 2.67 bits per heavy atom. The number of hydrogen-bond donors (Lipinski definition) is 0. The largest absolute Gasteiger partial charge is 0.379 e. The molecule has 0 amide bonds. The van der Waals surface area contributed by atoms with Crippen molar-refractivity contribution in [3.8, 4) is 0 Å². The number of rotatable bonds is 1. The Kier molecular flexibility index (Phi) is 4.25. The van der Waals surface area contributed by atoms with Gasteiger partial charge in [-0.25, -0.2) is 0 Å². The number of halogens is 1. The molecule has 1 fully saturated rings. The zero-order chi connectivity index (χ0) is 13.5. The van der Waals surface area contributed by atoms with Crippen LogP contribution in [0.1, 0.15) is 30.1 Å². The molecule has 0 radical (unpaired) electrons. The molecule has 0 spiro atoms.